The molecule has 0 spiro atoms. The molecule has 148 valence electrons. The van der Waals surface area contributed by atoms with E-state index >= 15 is 0 Å². The first-order valence-electron chi connectivity index (χ1n) is 8.49. The Morgan fingerprint density at radius 1 is 0.967 bits per heavy atom. The van der Waals surface area contributed by atoms with Gasteiger partial charge in [0.2, 0.25) is 0 Å². The van der Waals surface area contributed by atoms with E-state index in [4.69, 9.17) is 0 Å². The Balaban J connectivity index is 1.83. The predicted octanol–water partition coefficient (Wildman–Crippen LogP) is 3.84. The highest BCUT2D eigenvalue weighted by Crippen LogP contribution is 2.20. The highest BCUT2D eigenvalue weighted by atomic mass is 16.6. The number of nitrogens with zero attached hydrogens (tertiary/aromatic N) is 4. The van der Waals surface area contributed by atoms with Crippen LogP contribution in [0.1, 0.15) is 5.69 Å². The molecule has 3 rings (SSSR count). The second-order valence-electron chi connectivity index (χ2n) is 6.00. The average molecular weight is 403 g/mol. The fourth-order valence-corrected chi connectivity index (χ4v) is 2.64. The van der Waals surface area contributed by atoms with Crippen molar-refractivity contribution in [2.45, 2.75) is 0 Å². The third-order valence-corrected chi connectivity index (χ3v) is 4.11. The molecule has 10 nitrogen and oxygen atoms in total. The molecule has 0 unspecified atom stereocenters. The number of nitro groups is 2. The molecule has 2 aromatic carbocycles. The molecular formula is C20H13N5O5. The number of rotatable bonds is 6. The summed E-state index contributed by atoms with van der Waals surface area (Å²) in [4.78, 5) is 32.9. The van der Waals surface area contributed by atoms with Gasteiger partial charge in [-0.25, -0.2) is 0 Å². The third kappa shape index (κ3) is 4.37. The zero-order chi connectivity index (χ0) is 21.7. The molecule has 0 atom stereocenters. The van der Waals surface area contributed by atoms with Crippen LogP contribution < -0.4 is 5.32 Å². The van der Waals surface area contributed by atoms with Gasteiger partial charge in [-0.2, -0.15) is 5.26 Å². The number of benzene rings is 2. The molecule has 0 aliphatic heterocycles. The highest BCUT2D eigenvalue weighted by molar-refractivity contribution is 6.09. The number of carbonyl (C=O) groups is 1. The second-order valence-corrected chi connectivity index (χ2v) is 6.00. The van der Waals surface area contributed by atoms with Crippen LogP contribution in [-0.2, 0) is 4.79 Å². The number of carbonyl (C=O) groups excluding carboxylic acids is 1. The summed E-state index contributed by atoms with van der Waals surface area (Å²) in [5, 5.41) is 33.4. The van der Waals surface area contributed by atoms with Crippen molar-refractivity contribution in [1.82, 2.24) is 4.57 Å². The van der Waals surface area contributed by atoms with Crippen molar-refractivity contribution in [3.05, 3.63) is 98.4 Å². The normalized spacial score (nSPS) is 10.8. The number of nitriles is 1. The molecule has 0 aliphatic rings. The number of aromatic nitrogens is 1. The summed E-state index contributed by atoms with van der Waals surface area (Å²) in [6.07, 6.45) is 3.07. The number of hydrogen-bond donors (Lipinski definition) is 1. The van der Waals surface area contributed by atoms with Gasteiger partial charge in [-0.05, 0) is 42.5 Å². The molecule has 0 saturated heterocycles. The molecule has 30 heavy (non-hydrogen) atoms. The van der Waals surface area contributed by atoms with E-state index in [1.54, 1.807) is 35.0 Å². The topological polar surface area (TPSA) is 144 Å². The first-order chi connectivity index (χ1) is 14.4. The number of anilines is 1. The molecule has 0 saturated carbocycles. The molecule has 3 aromatic rings. The van der Waals surface area contributed by atoms with Crippen molar-refractivity contribution in [3.63, 3.8) is 0 Å². The zero-order valence-electron chi connectivity index (χ0n) is 15.3. The van der Waals surface area contributed by atoms with Gasteiger partial charge in [0.1, 0.15) is 11.6 Å². The van der Waals surface area contributed by atoms with Crippen molar-refractivity contribution in [1.29, 1.82) is 5.26 Å². The van der Waals surface area contributed by atoms with E-state index < -0.39 is 15.8 Å². The Bertz CT molecular complexity index is 1190. The molecule has 1 amide bonds. The molecule has 10 heteroatoms. The SMILES string of the molecule is N#C/C(=C/c1cccn1-c1ccc([N+](=O)[O-])cc1)C(=O)Nc1ccc([N+](=O)[O-])cc1. The Kier molecular flexibility index (Phi) is 5.65. The van der Waals surface area contributed by atoms with Crippen molar-refractivity contribution >= 4 is 29.0 Å². The molecule has 0 bridgehead atoms. The number of nitrogens with one attached hydrogen (secondary N) is 1. The number of nitro benzene ring substituents is 2. The minimum absolute atomic E-state index is 0.0526. The fourth-order valence-electron chi connectivity index (χ4n) is 2.64. The van der Waals surface area contributed by atoms with Crippen LogP contribution in [-0.4, -0.2) is 20.3 Å². The Labute approximate surface area is 169 Å². The Hall–Kier alpha value is -4.78. The van der Waals surface area contributed by atoms with Crippen LogP contribution in [0.3, 0.4) is 0 Å². The Morgan fingerprint density at radius 2 is 1.53 bits per heavy atom. The van der Waals surface area contributed by atoms with E-state index in [9.17, 15) is 30.3 Å². The Morgan fingerprint density at radius 3 is 2.07 bits per heavy atom. The summed E-state index contributed by atoms with van der Waals surface area (Å²) in [6.45, 7) is 0. The molecule has 0 aliphatic carbocycles. The van der Waals surface area contributed by atoms with Gasteiger partial charge in [-0.15, -0.1) is 0 Å². The van der Waals surface area contributed by atoms with Crippen molar-refractivity contribution in [2.75, 3.05) is 5.32 Å². The van der Waals surface area contributed by atoms with Gasteiger partial charge in [0, 0.05) is 47.5 Å². The summed E-state index contributed by atoms with van der Waals surface area (Å²) in [6, 6.07) is 16.2. The first kappa shape index (κ1) is 20.0. The minimum atomic E-state index is -0.678. The van der Waals surface area contributed by atoms with E-state index in [2.05, 4.69) is 5.32 Å². The van der Waals surface area contributed by atoms with Gasteiger partial charge in [0.05, 0.1) is 9.85 Å². The van der Waals surface area contributed by atoms with Crippen molar-refractivity contribution in [3.8, 4) is 11.8 Å². The van der Waals surface area contributed by atoms with Gasteiger partial charge in [-0.3, -0.25) is 25.0 Å². The van der Waals surface area contributed by atoms with E-state index in [1.165, 1.54) is 42.5 Å². The predicted molar refractivity (Wildman–Crippen MR) is 108 cm³/mol. The van der Waals surface area contributed by atoms with Gasteiger partial charge in [-0.1, -0.05) is 0 Å². The van der Waals surface area contributed by atoms with Crippen LogP contribution in [0.15, 0.2) is 72.4 Å². The van der Waals surface area contributed by atoms with E-state index in [0.29, 0.717) is 17.1 Å². The smallest absolute Gasteiger partial charge is 0.269 e. The maximum atomic E-state index is 12.4. The van der Waals surface area contributed by atoms with Crippen molar-refractivity contribution in [2.24, 2.45) is 0 Å². The number of hydrogen-bond acceptors (Lipinski definition) is 6. The lowest BCUT2D eigenvalue weighted by Crippen LogP contribution is -2.13. The zero-order valence-corrected chi connectivity index (χ0v) is 15.3. The summed E-state index contributed by atoms with van der Waals surface area (Å²) < 4.78 is 1.67. The quantitative estimate of drug-likeness (QED) is 0.286. The van der Waals surface area contributed by atoms with Crippen LogP contribution in [0.4, 0.5) is 17.1 Å². The van der Waals surface area contributed by atoms with Gasteiger partial charge >= 0.3 is 0 Å². The van der Waals surface area contributed by atoms with Crippen LogP contribution in [0, 0.1) is 31.6 Å². The van der Waals surface area contributed by atoms with E-state index in [0.717, 1.165) is 0 Å². The largest absolute Gasteiger partial charge is 0.321 e. The van der Waals surface area contributed by atoms with Gasteiger partial charge in [0.15, 0.2) is 0 Å². The van der Waals surface area contributed by atoms with E-state index in [1.807, 2.05) is 6.07 Å². The lowest BCUT2D eigenvalue weighted by molar-refractivity contribution is -0.385. The van der Waals surface area contributed by atoms with Gasteiger partial charge < -0.3 is 9.88 Å². The molecule has 1 heterocycles. The van der Waals surface area contributed by atoms with Gasteiger partial charge in [0.25, 0.3) is 17.3 Å². The molecule has 1 aromatic heterocycles. The fraction of sp³-hybridized carbons (Fsp3) is 0. The third-order valence-electron chi connectivity index (χ3n) is 4.11. The molecule has 0 radical (unpaired) electrons. The number of non-ortho nitro benzene ring substituents is 2. The standard InChI is InChI=1S/C20H13N5O5/c21-13-14(20(26)22-15-3-5-17(6-4-15)24(27)28)12-19-2-1-11-23(19)16-7-9-18(10-8-16)25(29)30/h1-12H,(H,22,26)/b14-12-. The lowest BCUT2D eigenvalue weighted by atomic mass is 10.2. The highest BCUT2D eigenvalue weighted by Gasteiger charge is 2.13. The molecule has 1 N–H and O–H groups in total. The summed E-state index contributed by atoms with van der Waals surface area (Å²) in [5.74, 6) is -0.678. The lowest BCUT2D eigenvalue weighted by Gasteiger charge is -2.08. The summed E-state index contributed by atoms with van der Waals surface area (Å²) in [5.41, 5.74) is 1.07. The molecular weight excluding hydrogens is 390 g/mol. The average Bonchev–Trinajstić information content (AvgIpc) is 3.20. The van der Waals surface area contributed by atoms with Crippen molar-refractivity contribution < 1.29 is 14.6 Å². The monoisotopic (exact) mass is 403 g/mol. The van der Waals surface area contributed by atoms with Crippen LogP contribution in [0.25, 0.3) is 11.8 Å². The minimum Gasteiger partial charge on any atom is -0.321 e. The van der Waals surface area contributed by atoms with Crippen LogP contribution in [0.2, 0.25) is 0 Å². The second kappa shape index (κ2) is 8.49. The summed E-state index contributed by atoms with van der Waals surface area (Å²) >= 11 is 0. The number of amides is 1. The first-order valence-corrected chi connectivity index (χ1v) is 8.49. The maximum Gasteiger partial charge on any atom is 0.269 e. The van der Waals surface area contributed by atoms with E-state index in [-0.39, 0.29) is 16.9 Å². The van der Waals surface area contributed by atoms with Crippen LogP contribution >= 0.6 is 0 Å². The van der Waals surface area contributed by atoms with Crippen LogP contribution in [0.5, 0.6) is 0 Å². The maximum absolute atomic E-state index is 12.4. The summed E-state index contributed by atoms with van der Waals surface area (Å²) in [7, 11) is 0. The molecule has 0 fully saturated rings.